The second-order valence-corrected chi connectivity index (χ2v) is 10.7. The lowest BCUT2D eigenvalue weighted by atomic mass is 9.97. The van der Waals surface area contributed by atoms with Crippen LogP contribution in [0.5, 0.6) is 0 Å². The van der Waals surface area contributed by atoms with Crippen molar-refractivity contribution in [3.63, 3.8) is 0 Å². The first kappa shape index (κ1) is 31.1. The van der Waals surface area contributed by atoms with Crippen molar-refractivity contribution in [3.05, 3.63) is 82.0 Å². The Morgan fingerprint density at radius 3 is 2.54 bits per heavy atom. The van der Waals surface area contributed by atoms with Crippen LogP contribution >= 0.6 is 0 Å². The van der Waals surface area contributed by atoms with Gasteiger partial charge >= 0.3 is 18.2 Å². The van der Waals surface area contributed by atoms with E-state index in [0.29, 0.717) is 11.0 Å². The molecular formula is C26H24F3N5O6S. The van der Waals surface area contributed by atoms with Crippen molar-refractivity contribution in [2.75, 3.05) is 37.5 Å². The van der Waals surface area contributed by atoms with Gasteiger partial charge in [0.2, 0.25) is 5.70 Å². The first-order chi connectivity index (χ1) is 19.3. The average Bonchev–Trinajstić information content (AvgIpc) is 2.91. The van der Waals surface area contributed by atoms with Gasteiger partial charge in [0.1, 0.15) is 6.04 Å². The molecule has 3 rings (SSSR count). The molecule has 0 saturated carbocycles. The maximum absolute atomic E-state index is 13.9. The number of imide groups is 1. The summed E-state index contributed by atoms with van der Waals surface area (Å²) < 4.78 is 70.9. The van der Waals surface area contributed by atoms with E-state index >= 15 is 0 Å². The summed E-state index contributed by atoms with van der Waals surface area (Å²) in [7, 11) is -4.07. The molecule has 2 aromatic carbocycles. The third-order valence-corrected chi connectivity index (χ3v) is 7.14. The number of halogens is 3. The van der Waals surface area contributed by atoms with Crippen molar-refractivity contribution in [2.45, 2.75) is 24.0 Å². The fourth-order valence-corrected chi connectivity index (χ4v) is 5.14. The summed E-state index contributed by atoms with van der Waals surface area (Å²) in [6.07, 6.45) is -3.90. The highest BCUT2D eigenvalue weighted by Crippen LogP contribution is 2.43. The van der Waals surface area contributed by atoms with Gasteiger partial charge < -0.3 is 15.2 Å². The van der Waals surface area contributed by atoms with Gasteiger partial charge in [-0.05, 0) is 42.8 Å². The number of urea groups is 2. The normalized spacial score (nSPS) is 15.9. The lowest BCUT2D eigenvalue weighted by Crippen LogP contribution is -2.55. The zero-order valence-corrected chi connectivity index (χ0v) is 22.6. The van der Waals surface area contributed by atoms with Crippen LogP contribution in [0.1, 0.15) is 29.7 Å². The van der Waals surface area contributed by atoms with Gasteiger partial charge in [-0.3, -0.25) is 4.90 Å². The molecule has 4 amide bonds. The van der Waals surface area contributed by atoms with Crippen molar-refractivity contribution in [2.24, 2.45) is 0 Å². The molecule has 0 bridgehead atoms. The zero-order chi connectivity index (χ0) is 30.5. The third kappa shape index (κ3) is 6.66. The van der Waals surface area contributed by atoms with E-state index in [1.54, 1.807) is 0 Å². The third-order valence-electron chi connectivity index (χ3n) is 5.99. The SMILES string of the molecule is [C-]#[N+]C1=C(C)N(c2cccc(C(F)(F)F)c2)C(=O)N(C(=O)NCCOCCO)[C@@H]1c1ccc(C#N)cc1S(C)(=O)=O. The van der Waals surface area contributed by atoms with E-state index in [9.17, 15) is 36.4 Å². The van der Waals surface area contributed by atoms with Gasteiger partial charge in [0.25, 0.3) is 0 Å². The van der Waals surface area contributed by atoms with E-state index in [-0.39, 0.29) is 54.6 Å². The summed E-state index contributed by atoms with van der Waals surface area (Å²) in [4.78, 5) is 31.7. The molecule has 0 aromatic heterocycles. The van der Waals surface area contributed by atoms with E-state index in [0.717, 1.165) is 29.4 Å². The summed E-state index contributed by atoms with van der Waals surface area (Å²) in [6.45, 7) is 8.60. The highest BCUT2D eigenvalue weighted by molar-refractivity contribution is 7.90. The van der Waals surface area contributed by atoms with Crippen LogP contribution in [0.2, 0.25) is 0 Å². The van der Waals surface area contributed by atoms with Crippen LogP contribution < -0.4 is 10.2 Å². The molecule has 0 aliphatic carbocycles. The highest BCUT2D eigenvalue weighted by Gasteiger charge is 2.45. The van der Waals surface area contributed by atoms with Crippen molar-refractivity contribution >= 4 is 27.6 Å². The largest absolute Gasteiger partial charge is 0.416 e. The molecule has 11 nitrogen and oxygen atoms in total. The van der Waals surface area contributed by atoms with Gasteiger partial charge in [-0.25, -0.2) is 27.8 Å². The zero-order valence-electron chi connectivity index (χ0n) is 21.8. The van der Waals surface area contributed by atoms with Gasteiger partial charge in [0.05, 0.1) is 48.5 Å². The molecule has 0 unspecified atom stereocenters. The van der Waals surface area contributed by atoms with Crippen LogP contribution in [0.4, 0.5) is 28.4 Å². The minimum absolute atomic E-state index is 0.0305. The fourth-order valence-electron chi connectivity index (χ4n) is 4.19. The highest BCUT2D eigenvalue weighted by atomic mass is 32.2. The van der Waals surface area contributed by atoms with Gasteiger partial charge in [-0.2, -0.15) is 18.4 Å². The number of amides is 4. The van der Waals surface area contributed by atoms with Crippen molar-refractivity contribution in [3.8, 4) is 6.07 Å². The Balaban J connectivity index is 2.26. The molecule has 0 radical (unpaired) electrons. The second kappa shape index (κ2) is 12.4. The van der Waals surface area contributed by atoms with Gasteiger partial charge in [0, 0.05) is 24.2 Å². The fraction of sp³-hybridized carbons (Fsp3) is 0.308. The summed E-state index contributed by atoms with van der Waals surface area (Å²) in [6, 6.07) is 5.19. The molecule has 1 aliphatic heterocycles. The van der Waals surface area contributed by atoms with Crippen LogP contribution in [0.25, 0.3) is 4.85 Å². The summed E-state index contributed by atoms with van der Waals surface area (Å²) in [5.74, 6) is 0. The minimum atomic E-state index is -4.75. The number of allylic oxidation sites excluding steroid dienone is 1. The molecule has 216 valence electrons. The number of nitrogens with one attached hydrogen (secondary N) is 1. The molecule has 41 heavy (non-hydrogen) atoms. The van der Waals surface area contributed by atoms with Gasteiger partial charge in [0.15, 0.2) is 9.84 Å². The number of nitrogens with zero attached hydrogens (tertiary/aromatic N) is 4. The van der Waals surface area contributed by atoms with E-state index in [2.05, 4.69) is 10.2 Å². The van der Waals surface area contributed by atoms with Crippen LogP contribution in [-0.2, 0) is 20.8 Å². The number of nitriles is 1. The average molecular weight is 592 g/mol. The predicted octanol–water partition coefficient (Wildman–Crippen LogP) is 3.83. The molecular weight excluding hydrogens is 567 g/mol. The Morgan fingerprint density at radius 1 is 1.24 bits per heavy atom. The first-order valence-electron chi connectivity index (χ1n) is 11.9. The van der Waals surface area contributed by atoms with E-state index in [1.165, 1.54) is 25.1 Å². The Hall–Kier alpha value is -4.44. The molecule has 1 aliphatic rings. The number of sulfone groups is 1. The number of rotatable bonds is 8. The number of aliphatic hydroxyl groups is 1. The Morgan fingerprint density at radius 2 is 1.95 bits per heavy atom. The topological polar surface area (TPSA) is 144 Å². The summed E-state index contributed by atoms with van der Waals surface area (Å²) in [5, 5.41) is 20.6. The maximum atomic E-state index is 13.9. The Labute approximate surface area is 233 Å². The van der Waals surface area contributed by atoms with Crippen molar-refractivity contribution < 1.29 is 41.0 Å². The molecule has 2 N–H and O–H groups in total. The lowest BCUT2D eigenvalue weighted by Gasteiger charge is -2.41. The number of carbonyl (C=O) groups excluding carboxylic acids is 2. The maximum Gasteiger partial charge on any atom is 0.416 e. The van der Waals surface area contributed by atoms with E-state index in [1.807, 2.05) is 6.07 Å². The van der Waals surface area contributed by atoms with Crippen LogP contribution in [-0.4, -0.2) is 63.1 Å². The number of hydrogen-bond donors (Lipinski definition) is 2. The molecule has 0 fully saturated rings. The smallest absolute Gasteiger partial charge is 0.394 e. The van der Waals surface area contributed by atoms with Gasteiger partial charge in [-0.15, -0.1) is 0 Å². The quantitative estimate of drug-likeness (QED) is 0.351. The molecule has 15 heteroatoms. The summed E-state index contributed by atoms with van der Waals surface area (Å²) >= 11 is 0. The van der Waals surface area contributed by atoms with Crippen LogP contribution in [0, 0.1) is 17.9 Å². The second-order valence-electron chi connectivity index (χ2n) is 8.73. The van der Waals surface area contributed by atoms with Gasteiger partial charge in [-0.1, -0.05) is 12.1 Å². The van der Waals surface area contributed by atoms with E-state index in [4.69, 9.17) is 16.4 Å². The number of ether oxygens (including phenoxy) is 1. The number of anilines is 1. The predicted molar refractivity (Wildman–Crippen MR) is 139 cm³/mol. The number of alkyl halides is 3. The Bertz CT molecular complexity index is 1580. The molecule has 0 spiro atoms. The first-order valence-corrected chi connectivity index (χ1v) is 13.7. The van der Waals surface area contributed by atoms with Crippen molar-refractivity contribution in [1.82, 2.24) is 10.2 Å². The van der Waals surface area contributed by atoms with E-state index < -0.39 is 44.6 Å². The molecule has 1 atom stereocenters. The van der Waals surface area contributed by atoms with Crippen LogP contribution in [0.3, 0.4) is 0 Å². The number of hydrogen-bond acceptors (Lipinski definition) is 7. The lowest BCUT2D eigenvalue weighted by molar-refractivity contribution is -0.137. The summed E-state index contributed by atoms with van der Waals surface area (Å²) in [5.41, 5.74) is -2.01. The van der Waals surface area contributed by atoms with Crippen molar-refractivity contribution in [1.29, 1.82) is 5.26 Å². The monoisotopic (exact) mass is 591 g/mol. The minimum Gasteiger partial charge on any atom is -0.394 e. The number of aliphatic hydroxyl groups excluding tert-OH is 1. The molecule has 2 aromatic rings. The Kier molecular flexibility index (Phi) is 9.39. The standard InChI is InChI=1S/C26H24F3N5O6S/c1-16-22(31-2)23(20-8-7-17(15-30)13-21(20)41(3,38)39)34(24(36)32-9-11-40-12-10-35)25(37)33(16)19-6-4-5-18(14-19)26(27,28)29/h4-8,13-14,23,35H,9-12H2,1,3H3,(H,32,36)/t23-/m1/s1. The van der Waals surface area contributed by atoms with Crippen LogP contribution in [0.15, 0.2) is 58.8 Å². The number of carbonyl (C=O) groups is 2. The molecule has 1 heterocycles. The number of benzene rings is 2. The molecule has 0 saturated heterocycles.